The second-order valence-electron chi connectivity index (χ2n) is 10.5. The predicted octanol–water partition coefficient (Wildman–Crippen LogP) is 7.32. The molecule has 4 aromatic rings. The molecule has 0 aromatic heterocycles. The largest absolute Gasteiger partial charge is 0.354 e. The lowest BCUT2D eigenvalue weighted by atomic mass is 10.0. The van der Waals surface area contributed by atoms with Gasteiger partial charge >= 0.3 is 0 Å². The summed E-state index contributed by atoms with van der Waals surface area (Å²) in [5.74, 6) is -0.949. The lowest BCUT2D eigenvalue weighted by Crippen LogP contribution is -2.53. The molecule has 0 aliphatic heterocycles. The molecular formula is C34H34Cl3N3O4S. The molecule has 7 nitrogen and oxygen atoms in total. The third-order valence-corrected chi connectivity index (χ3v) is 10.1. The van der Waals surface area contributed by atoms with Gasteiger partial charge in [-0.1, -0.05) is 102 Å². The number of hydrogen-bond acceptors (Lipinski definition) is 4. The monoisotopic (exact) mass is 685 g/mol. The van der Waals surface area contributed by atoms with E-state index in [1.165, 1.54) is 23.1 Å². The molecule has 0 saturated carbocycles. The van der Waals surface area contributed by atoms with E-state index in [-0.39, 0.29) is 29.5 Å². The van der Waals surface area contributed by atoms with Crippen LogP contribution in [0.4, 0.5) is 5.69 Å². The van der Waals surface area contributed by atoms with Crippen LogP contribution in [0.5, 0.6) is 0 Å². The number of sulfonamides is 1. The molecule has 4 rings (SSSR count). The highest BCUT2D eigenvalue weighted by Crippen LogP contribution is 2.29. The van der Waals surface area contributed by atoms with Crippen LogP contribution < -0.4 is 9.62 Å². The second kappa shape index (κ2) is 15.6. The van der Waals surface area contributed by atoms with E-state index in [0.29, 0.717) is 33.6 Å². The summed E-state index contributed by atoms with van der Waals surface area (Å²) in [6.07, 6.45) is 0.896. The first-order valence-corrected chi connectivity index (χ1v) is 17.0. The fraction of sp³-hybridized carbons (Fsp3) is 0.235. The van der Waals surface area contributed by atoms with Crippen molar-refractivity contribution >= 4 is 62.3 Å². The number of carbonyl (C=O) groups is 2. The van der Waals surface area contributed by atoms with Gasteiger partial charge in [-0.3, -0.25) is 13.9 Å². The minimum Gasteiger partial charge on any atom is -0.354 e. The van der Waals surface area contributed by atoms with Crippen LogP contribution in [0.1, 0.15) is 30.0 Å². The molecule has 1 atom stereocenters. The van der Waals surface area contributed by atoms with Gasteiger partial charge in [0.2, 0.25) is 11.8 Å². The topological polar surface area (TPSA) is 86.8 Å². The Bertz CT molecular complexity index is 1740. The van der Waals surface area contributed by atoms with Gasteiger partial charge in [-0.25, -0.2) is 8.42 Å². The molecule has 1 N–H and O–H groups in total. The van der Waals surface area contributed by atoms with Crippen molar-refractivity contribution in [2.75, 3.05) is 17.4 Å². The molecule has 0 bridgehead atoms. The highest BCUT2D eigenvalue weighted by atomic mass is 35.5. The van der Waals surface area contributed by atoms with Crippen LogP contribution in [-0.4, -0.2) is 44.3 Å². The minimum absolute atomic E-state index is 0.00653. The molecule has 236 valence electrons. The molecule has 0 unspecified atom stereocenters. The normalized spacial score (nSPS) is 11.9. The molecule has 0 radical (unpaired) electrons. The van der Waals surface area contributed by atoms with E-state index in [1.807, 2.05) is 37.3 Å². The molecule has 0 heterocycles. The number of nitrogens with zero attached hydrogens (tertiary/aromatic N) is 2. The zero-order chi connectivity index (χ0) is 32.6. The number of halogens is 3. The number of benzene rings is 4. The van der Waals surface area contributed by atoms with Crippen molar-refractivity contribution in [1.82, 2.24) is 10.2 Å². The molecule has 0 fully saturated rings. The van der Waals surface area contributed by atoms with E-state index >= 15 is 0 Å². The Morgan fingerprint density at radius 1 is 0.800 bits per heavy atom. The molecule has 4 aromatic carbocycles. The fourth-order valence-corrected chi connectivity index (χ4v) is 6.66. The van der Waals surface area contributed by atoms with Crippen LogP contribution in [0.15, 0.2) is 102 Å². The number of aryl methyl sites for hydroxylation is 1. The fourth-order valence-electron chi connectivity index (χ4n) is 4.74. The molecule has 45 heavy (non-hydrogen) atoms. The number of hydrogen-bond donors (Lipinski definition) is 1. The third-order valence-electron chi connectivity index (χ3n) is 7.21. The Hall–Kier alpha value is -3.56. The third kappa shape index (κ3) is 8.79. The van der Waals surface area contributed by atoms with E-state index in [4.69, 9.17) is 34.8 Å². The maximum atomic E-state index is 14.5. The zero-order valence-corrected chi connectivity index (χ0v) is 28.0. The van der Waals surface area contributed by atoms with Gasteiger partial charge in [0.25, 0.3) is 10.0 Å². The van der Waals surface area contributed by atoms with Crippen molar-refractivity contribution in [3.05, 3.63) is 129 Å². The molecule has 2 amide bonds. The average molecular weight is 687 g/mol. The van der Waals surface area contributed by atoms with Crippen LogP contribution in [0, 0.1) is 6.92 Å². The number of amides is 2. The van der Waals surface area contributed by atoms with Gasteiger partial charge in [0.05, 0.1) is 20.6 Å². The maximum Gasteiger partial charge on any atom is 0.264 e. The standard InChI is InChI=1S/C34H34Cl3N3O4S/c1-3-18-38-34(42)32(20-25-10-6-4-7-11-25)39(22-26-15-17-29(35)31(37)19-26)33(41)23-40(27-16-14-24(2)30(36)21-27)45(43,44)28-12-8-5-9-13-28/h4-17,19,21,32H,3,18,20,22-23H2,1-2H3,(H,38,42)/t32-/m0/s1. The second-order valence-corrected chi connectivity index (χ2v) is 13.6. The van der Waals surface area contributed by atoms with Crippen molar-refractivity contribution < 1.29 is 18.0 Å². The number of anilines is 1. The Morgan fingerprint density at radius 3 is 2.09 bits per heavy atom. The maximum absolute atomic E-state index is 14.5. The van der Waals surface area contributed by atoms with Crippen LogP contribution in [-0.2, 0) is 32.6 Å². The Kier molecular flexibility index (Phi) is 11.9. The first-order valence-electron chi connectivity index (χ1n) is 14.4. The molecule has 0 spiro atoms. The van der Waals surface area contributed by atoms with Crippen LogP contribution in [0.25, 0.3) is 0 Å². The molecule has 0 saturated heterocycles. The SMILES string of the molecule is CCCNC(=O)[C@H](Cc1ccccc1)N(Cc1ccc(Cl)c(Cl)c1)C(=O)CN(c1ccc(C)c(Cl)c1)S(=O)(=O)c1ccccc1. The number of nitrogens with one attached hydrogen (secondary N) is 1. The minimum atomic E-state index is -4.23. The summed E-state index contributed by atoms with van der Waals surface area (Å²) in [6, 6.07) is 26.0. The van der Waals surface area contributed by atoms with Crippen molar-refractivity contribution in [2.45, 2.75) is 44.2 Å². The number of carbonyl (C=O) groups excluding carboxylic acids is 2. The molecule has 0 aliphatic rings. The quantitative estimate of drug-likeness (QED) is 0.160. The van der Waals surface area contributed by atoms with E-state index in [9.17, 15) is 18.0 Å². The smallest absolute Gasteiger partial charge is 0.264 e. The van der Waals surface area contributed by atoms with Gasteiger partial charge in [0.15, 0.2) is 0 Å². The summed E-state index contributed by atoms with van der Waals surface area (Å²) >= 11 is 18.9. The zero-order valence-electron chi connectivity index (χ0n) is 24.9. The van der Waals surface area contributed by atoms with Gasteiger partial charge in [-0.2, -0.15) is 0 Å². The highest BCUT2D eigenvalue weighted by molar-refractivity contribution is 7.92. The summed E-state index contributed by atoms with van der Waals surface area (Å²) in [4.78, 5) is 29.6. The van der Waals surface area contributed by atoms with Crippen molar-refractivity contribution in [3.8, 4) is 0 Å². The Labute approximate surface area is 279 Å². The summed E-state index contributed by atoms with van der Waals surface area (Å²) < 4.78 is 29.2. The highest BCUT2D eigenvalue weighted by Gasteiger charge is 2.34. The van der Waals surface area contributed by atoms with Crippen LogP contribution >= 0.6 is 34.8 Å². The van der Waals surface area contributed by atoms with Gasteiger partial charge in [-0.05, 0) is 66.4 Å². The van der Waals surface area contributed by atoms with E-state index in [0.717, 1.165) is 15.4 Å². The molecule has 0 aliphatic carbocycles. The van der Waals surface area contributed by atoms with Gasteiger partial charge in [-0.15, -0.1) is 0 Å². The summed E-state index contributed by atoms with van der Waals surface area (Å²) in [5, 5.41) is 3.90. The van der Waals surface area contributed by atoms with E-state index in [2.05, 4.69) is 5.32 Å². The van der Waals surface area contributed by atoms with Crippen molar-refractivity contribution in [1.29, 1.82) is 0 Å². The Balaban J connectivity index is 1.82. The lowest BCUT2D eigenvalue weighted by molar-refractivity contribution is -0.140. The van der Waals surface area contributed by atoms with Crippen molar-refractivity contribution in [2.24, 2.45) is 0 Å². The first-order chi connectivity index (χ1) is 21.5. The predicted molar refractivity (Wildman–Crippen MR) is 181 cm³/mol. The summed E-state index contributed by atoms with van der Waals surface area (Å²) in [5.41, 5.74) is 2.42. The van der Waals surface area contributed by atoms with E-state index < -0.39 is 28.5 Å². The van der Waals surface area contributed by atoms with Gasteiger partial charge in [0, 0.05) is 24.5 Å². The van der Waals surface area contributed by atoms with Gasteiger partial charge in [0.1, 0.15) is 12.6 Å². The first kappa shape index (κ1) is 34.3. The molecular weight excluding hydrogens is 653 g/mol. The van der Waals surface area contributed by atoms with E-state index in [1.54, 1.807) is 55.5 Å². The van der Waals surface area contributed by atoms with Crippen LogP contribution in [0.2, 0.25) is 15.1 Å². The van der Waals surface area contributed by atoms with Crippen LogP contribution in [0.3, 0.4) is 0 Å². The number of rotatable bonds is 13. The lowest BCUT2D eigenvalue weighted by Gasteiger charge is -2.34. The molecule has 11 heteroatoms. The summed E-state index contributed by atoms with van der Waals surface area (Å²) in [7, 11) is -4.23. The van der Waals surface area contributed by atoms with Crippen molar-refractivity contribution in [3.63, 3.8) is 0 Å². The van der Waals surface area contributed by atoms with Gasteiger partial charge < -0.3 is 10.2 Å². The Morgan fingerprint density at radius 2 is 1.47 bits per heavy atom. The average Bonchev–Trinajstić information content (AvgIpc) is 3.04. The summed E-state index contributed by atoms with van der Waals surface area (Å²) in [6.45, 7) is 3.53.